The van der Waals surface area contributed by atoms with Crippen LogP contribution in [0.3, 0.4) is 0 Å². The SMILES string of the molecule is CCCc1ccc(-c2ccc(C3CCC(c4cc(F)cc(F)c4)CC3)c(F)c2)c(F)c1. The number of aryl methyl sites for hydroxylation is 1. The van der Waals surface area contributed by atoms with Crippen molar-refractivity contribution in [2.45, 2.75) is 57.3 Å². The van der Waals surface area contributed by atoms with E-state index in [-0.39, 0.29) is 23.5 Å². The molecule has 0 nitrogen and oxygen atoms in total. The smallest absolute Gasteiger partial charge is 0.131 e. The predicted molar refractivity (Wildman–Crippen MR) is 116 cm³/mol. The molecule has 1 aliphatic carbocycles. The lowest BCUT2D eigenvalue weighted by Gasteiger charge is -2.29. The third kappa shape index (κ3) is 4.84. The second-order valence-corrected chi connectivity index (χ2v) is 8.55. The molecule has 0 bridgehead atoms. The van der Waals surface area contributed by atoms with Gasteiger partial charge in [0.25, 0.3) is 0 Å². The molecule has 0 radical (unpaired) electrons. The average Bonchev–Trinajstić information content (AvgIpc) is 2.73. The van der Waals surface area contributed by atoms with Gasteiger partial charge in [0.2, 0.25) is 0 Å². The fourth-order valence-electron chi connectivity index (χ4n) is 4.81. The van der Waals surface area contributed by atoms with Gasteiger partial charge in [-0.2, -0.15) is 0 Å². The van der Waals surface area contributed by atoms with Crippen LogP contribution in [0.25, 0.3) is 11.1 Å². The summed E-state index contributed by atoms with van der Waals surface area (Å²) in [7, 11) is 0. The molecule has 0 N–H and O–H groups in total. The second kappa shape index (κ2) is 9.25. The Bertz CT molecular complexity index is 1040. The van der Waals surface area contributed by atoms with Crippen molar-refractivity contribution in [2.75, 3.05) is 0 Å². The van der Waals surface area contributed by atoms with E-state index in [1.54, 1.807) is 18.2 Å². The van der Waals surface area contributed by atoms with Gasteiger partial charge in [0.1, 0.15) is 23.3 Å². The van der Waals surface area contributed by atoms with Crippen molar-refractivity contribution in [2.24, 2.45) is 0 Å². The molecule has 3 aromatic rings. The highest BCUT2D eigenvalue weighted by molar-refractivity contribution is 5.65. The van der Waals surface area contributed by atoms with Crippen LogP contribution in [0.1, 0.15) is 67.6 Å². The highest BCUT2D eigenvalue weighted by atomic mass is 19.1. The molecule has 0 amide bonds. The van der Waals surface area contributed by atoms with Crippen molar-refractivity contribution in [3.8, 4) is 11.1 Å². The number of rotatable bonds is 5. The number of halogens is 4. The van der Waals surface area contributed by atoms with Gasteiger partial charge >= 0.3 is 0 Å². The quantitative estimate of drug-likeness (QED) is 0.360. The number of hydrogen-bond acceptors (Lipinski definition) is 0. The maximum atomic E-state index is 15.0. The van der Waals surface area contributed by atoms with E-state index in [0.717, 1.165) is 50.2 Å². The van der Waals surface area contributed by atoms with Gasteiger partial charge in [0, 0.05) is 11.6 Å². The molecule has 4 heteroatoms. The molecule has 0 atom stereocenters. The first kappa shape index (κ1) is 21.6. The van der Waals surface area contributed by atoms with Gasteiger partial charge in [-0.1, -0.05) is 37.6 Å². The molecule has 0 aromatic heterocycles. The minimum Gasteiger partial charge on any atom is -0.207 e. The first-order valence-electron chi connectivity index (χ1n) is 11.0. The lowest BCUT2D eigenvalue weighted by Crippen LogP contribution is -2.13. The van der Waals surface area contributed by atoms with Gasteiger partial charge in [0.15, 0.2) is 0 Å². The van der Waals surface area contributed by atoms with E-state index >= 15 is 0 Å². The van der Waals surface area contributed by atoms with Crippen LogP contribution >= 0.6 is 0 Å². The Kier molecular flexibility index (Phi) is 6.45. The maximum Gasteiger partial charge on any atom is 0.131 e. The first-order chi connectivity index (χ1) is 14.9. The molecule has 0 aliphatic heterocycles. The van der Waals surface area contributed by atoms with Gasteiger partial charge in [-0.25, -0.2) is 17.6 Å². The Balaban J connectivity index is 1.48. The van der Waals surface area contributed by atoms with Crippen LogP contribution in [0.4, 0.5) is 17.6 Å². The monoisotopic (exact) mass is 426 g/mol. The summed E-state index contributed by atoms with van der Waals surface area (Å²) in [5.74, 6) is -1.64. The summed E-state index contributed by atoms with van der Waals surface area (Å²) in [5, 5.41) is 0. The summed E-state index contributed by atoms with van der Waals surface area (Å²) in [6.45, 7) is 2.05. The topological polar surface area (TPSA) is 0 Å². The predicted octanol–water partition coefficient (Wildman–Crippen LogP) is 8.30. The van der Waals surface area contributed by atoms with Crippen LogP contribution in [0.15, 0.2) is 54.6 Å². The Hall–Kier alpha value is -2.62. The summed E-state index contributed by atoms with van der Waals surface area (Å²) < 4.78 is 56.5. The van der Waals surface area contributed by atoms with Crippen molar-refractivity contribution < 1.29 is 17.6 Å². The van der Waals surface area contributed by atoms with Crippen LogP contribution in [0.2, 0.25) is 0 Å². The molecule has 4 rings (SSSR count). The zero-order chi connectivity index (χ0) is 22.0. The summed E-state index contributed by atoms with van der Waals surface area (Å²) in [6.07, 6.45) is 4.76. The third-order valence-corrected chi connectivity index (χ3v) is 6.41. The largest absolute Gasteiger partial charge is 0.207 e. The molecule has 0 spiro atoms. The van der Waals surface area contributed by atoms with Crippen LogP contribution in [-0.2, 0) is 6.42 Å². The first-order valence-corrected chi connectivity index (χ1v) is 11.0. The Morgan fingerprint density at radius 3 is 2.00 bits per heavy atom. The minimum atomic E-state index is -0.561. The molecule has 0 saturated heterocycles. The number of hydrogen-bond donors (Lipinski definition) is 0. The van der Waals surface area contributed by atoms with Gasteiger partial charge in [-0.3, -0.25) is 0 Å². The van der Waals surface area contributed by atoms with Crippen molar-refractivity contribution in [1.29, 1.82) is 0 Å². The normalized spacial score (nSPS) is 18.9. The van der Waals surface area contributed by atoms with E-state index < -0.39 is 11.6 Å². The summed E-state index contributed by atoms with van der Waals surface area (Å²) in [6, 6.07) is 13.8. The fourth-order valence-corrected chi connectivity index (χ4v) is 4.81. The van der Waals surface area contributed by atoms with E-state index in [4.69, 9.17) is 0 Å². The highest BCUT2D eigenvalue weighted by Crippen LogP contribution is 2.42. The molecule has 3 aromatic carbocycles. The Morgan fingerprint density at radius 1 is 0.710 bits per heavy atom. The van der Waals surface area contributed by atoms with Crippen LogP contribution < -0.4 is 0 Å². The maximum absolute atomic E-state index is 15.0. The van der Waals surface area contributed by atoms with Gasteiger partial charge < -0.3 is 0 Å². The van der Waals surface area contributed by atoms with E-state index in [1.165, 1.54) is 24.3 Å². The van der Waals surface area contributed by atoms with Crippen molar-refractivity contribution >= 4 is 0 Å². The third-order valence-electron chi connectivity index (χ3n) is 6.41. The van der Waals surface area contributed by atoms with Gasteiger partial charge in [-0.05, 0) is 90.5 Å². The fraction of sp³-hybridized carbons (Fsp3) is 0.333. The Morgan fingerprint density at radius 2 is 1.39 bits per heavy atom. The molecular formula is C27H26F4. The highest BCUT2D eigenvalue weighted by Gasteiger charge is 2.26. The van der Waals surface area contributed by atoms with Crippen LogP contribution in [0.5, 0.6) is 0 Å². The van der Waals surface area contributed by atoms with Gasteiger partial charge in [-0.15, -0.1) is 0 Å². The summed E-state index contributed by atoms with van der Waals surface area (Å²) in [5.41, 5.74) is 3.19. The van der Waals surface area contributed by atoms with Crippen molar-refractivity contribution in [3.63, 3.8) is 0 Å². The molecule has 1 saturated carbocycles. The lowest BCUT2D eigenvalue weighted by atomic mass is 9.76. The van der Waals surface area contributed by atoms with Crippen molar-refractivity contribution in [1.82, 2.24) is 0 Å². The van der Waals surface area contributed by atoms with E-state index in [1.807, 2.05) is 13.0 Å². The molecule has 1 aliphatic rings. The van der Waals surface area contributed by atoms with E-state index in [9.17, 15) is 17.6 Å². The van der Waals surface area contributed by atoms with Crippen molar-refractivity contribution in [3.05, 3.63) is 94.6 Å². The van der Waals surface area contributed by atoms with Crippen LogP contribution in [-0.4, -0.2) is 0 Å². The van der Waals surface area contributed by atoms with E-state index in [0.29, 0.717) is 22.3 Å². The lowest BCUT2D eigenvalue weighted by molar-refractivity contribution is 0.385. The van der Waals surface area contributed by atoms with E-state index in [2.05, 4.69) is 0 Å². The minimum absolute atomic E-state index is 0.0560. The molecule has 0 unspecified atom stereocenters. The molecule has 162 valence electrons. The second-order valence-electron chi connectivity index (χ2n) is 8.55. The molecule has 31 heavy (non-hydrogen) atoms. The summed E-state index contributed by atoms with van der Waals surface area (Å²) >= 11 is 0. The Labute approximate surface area is 180 Å². The zero-order valence-corrected chi connectivity index (χ0v) is 17.6. The van der Waals surface area contributed by atoms with Crippen LogP contribution in [0, 0.1) is 23.3 Å². The molecule has 1 fully saturated rings. The molecular weight excluding hydrogens is 400 g/mol. The number of benzene rings is 3. The average molecular weight is 426 g/mol. The standard InChI is InChI=1S/C27H26F4/c1-2-3-17-4-10-25(26(30)12-17)20-9-11-24(27(31)15-20)19-7-5-18(6-8-19)21-13-22(28)16-23(29)14-21/h4,9-16,18-19H,2-3,5-8H2,1H3. The zero-order valence-electron chi connectivity index (χ0n) is 17.6. The molecule has 0 heterocycles. The van der Waals surface area contributed by atoms with Gasteiger partial charge in [0.05, 0.1) is 0 Å². The summed E-state index contributed by atoms with van der Waals surface area (Å²) in [4.78, 5) is 0.